The molecular formula is C20H20F3N3O3. The number of ether oxygens (including phenoxy) is 1. The van der Waals surface area contributed by atoms with Crippen LogP contribution in [-0.4, -0.2) is 38.1 Å². The van der Waals surface area contributed by atoms with E-state index in [1.807, 2.05) is 4.90 Å². The minimum atomic E-state index is -4.52. The number of hydrogen-bond acceptors (Lipinski definition) is 4. The average molecular weight is 407 g/mol. The maximum atomic E-state index is 13.2. The van der Waals surface area contributed by atoms with Crippen molar-refractivity contribution in [2.24, 2.45) is 0 Å². The number of benzene rings is 2. The maximum absolute atomic E-state index is 13.2. The van der Waals surface area contributed by atoms with E-state index in [-0.39, 0.29) is 17.2 Å². The van der Waals surface area contributed by atoms with Crippen molar-refractivity contribution in [2.45, 2.75) is 13.1 Å². The molecule has 6 nitrogen and oxygen atoms in total. The highest BCUT2D eigenvalue weighted by atomic mass is 19.4. The number of amides is 2. The van der Waals surface area contributed by atoms with Gasteiger partial charge in [0.1, 0.15) is 0 Å². The lowest BCUT2D eigenvalue weighted by Gasteiger charge is -2.31. The molecule has 9 heteroatoms. The number of anilines is 3. The molecule has 1 aliphatic heterocycles. The molecule has 0 atom stereocenters. The molecule has 1 saturated heterocycles. The molecule has 1 aliphatic rings. The zero-order valence-corrected chi connectivity index (χ0v) is 15.7. The lowest BCUT2D eigenvalue weighted by molar-refractivity contribution is -0.137. The first-order chi connectivity index (χ1) is 13.7. The Labute approximate surface area is 165 Å². The van der Waals surface area contributed by atoms with Crippen LogP contribution in [0.5, 0.6) is 0 Å². The lowest BCUT2D eigenvalue weighted by atomic mass is 10.1. The molecule has 0 radical (unpaired) electrons. The SMILES string of the molecule is CC(=O)Nc1ccc(C(=O)Nc2cc(C(F)(F)F)ccc2N2CCOCC2)cc1. The van der Waals surface area contributed by atoms with Crippen LogP contribution in [0.2, 0.25) is 0 Å². The molecule has 2 aromatic carbocycles. The predicted molar refractivity (Wildman–Crippen MR) is 103 cm³/mol. The Balaban J connectivity index is 1.86. The molecule has 0 aliphatic carbocycles. The Morgan fingerprint density at radius 1 is 1.00 bits per heavy atom. The number of halogens is 3. The summed E-state index contributed by atoms with van der Waals surface area (Å²) in [6.07, 6.45) is -4.52. The normalized spacial score (nSPS) is 14.4. The largest absolute Gasteiger partial charge is 0.416 e. The molecule has 2 N–H and O–H groups in total. The van der Waals surface area contributed by atoms with Gasteiger partial charge in [-0.15, -0.1) is 0 Å². The minimum absolute atomic E-state index is 0.0812. The number of morpholine rings is 1. The number of alkyl halides is 3. The Morgan fingerprint density at radius 2 is 1.66 bits per heavy atom. The second-order valence-electron chi connectivity index (χ2n) is 6.54. The number of hydrogen-bond donors (Lipinski definition) is 2. The summed E-state index contributed by atoms with van der Waals surface area (Å²) in [4.78, 5) is 25.6. The van der Waals surface area contributed by atoms with E-state index in [0.29, 0.717) is 37.7 Å². The highest BCUT2D eigenvalue weighted by molar-refractivity contribution is 6.06. The van der Waals surface area contributed by atoms with Crippen LogP contribution in [0, 0.1) is 0 Å². The van der Waals surface area contributed by atoms with Gasteiger partial charge in [-0.05, 0) is 42.5 Å². The highest BCUT2D eigenvalue weighted by Crippen LogP contribution is 2.36. The van der Waals surface area contributed by atoms with Gasteiger partial charge in [0.15, 0.2) is 0 Å². The topological polar surface area (TPSA) is 70.7 Å². The Hall–Kier alpha value is -3.07. The standard InChI is InChI=1S/C20H20F3N3O3/c1-13(27)24-16-5-2-14(3-6-16)19(28)25-17-12-15(20(21,22)23)4-7-18(17)26-8-10-29-11-9-26/h2-7,12H,8-11H2,1H3,(H,24,27)(H,25,28). The van der Waals surface area contributed by atoms with Crippen LogP contribution in [0.3, 0.4) is 0 Å². The van der Waals surface area contributed by atoms with E-state index >= 15 is 0 Å². The summed E-state index contributed by atoms with van der Waals surface area (Å²) in [5, 5.41) is 5.17. The fourth-order valence-corrected chi connectivity index (χ4v) is 3.00. The van der Waals surface area contributed by atoms with E-state index in [1.165, 1.54) is 25.1 Å². The van der Waals surface area contributed by atoms with Crippen LogP contribution in [0.15, 0.2) is 42.5 Å². The molecule has 0 unspecified atom stereocenters. The Morgan fingerprint density at radius 3 is 2.24 bits per heavy atom. The van der Waals surface area contributed by atoms with E-state index < -0.39 is 17.6 Å². The number of carbonyl (C=O) groups excluding carboxylic acids is 2. The summed E-state index contributed by atoms with van der Waals surface area (Å²) >= 11 is 0. The second kappa shape index (κ2) is 8.52. The van der Waals surface area contributed by atoms with Crippen LogP contribution in [0.4, 0.5) is 30.2 Å². The van der Waals surface area contributed by atoms with Gasteiger partial charge in [-0.1, -0.05) is 0 Å². The number of rotatable bonds is 4. The Bertz CT molecular complexity index is 892. The molecule has 154 valence electrons. The van der Waals surface area contributed by atoms with Gasteiger partial charge in [0, 0.05) is 31.3 Å². The molecule has 1 heterocycles. The van der Waals surface area contributed by atoms with Gasteiger partial charge in [0.25, 0.3) is 5.91 Å². The third kappa shape index (κ3) is 5.26. The van der Waals surface area contributed by atoms with Crippen LogP contribution in [0.25, 0.3) is 0 Å². The van der Waals surface area contributed by atoms with Gasteiger partial charge in [0.05, 0.1) is 30.2 Å². The zero-order chi connectivity index (χ0) is 21.0. The molecule has 0 saturated carbocycles. The molecule has 3 rings (SSSR count). The monoisotopic (exact) mass is 407 g/mol. The van der Waals surface area contributed by atoms with Crippen molar-refractivity contribution in [3.63, 3.8) is 0 Å². The van der Waals surface area contributed by atoms with Crippen LogP contribution < -0.4 is 15.5 Å². The first-order valence-corrected chi connectivity index (χ1v) is 8.97. The molecule has 2 amide bonds. The highest BCUT2D eigenvalue weighted by Gasteiger charge is 2.32. The molecule has 0 spiro atoms. The molecule has 1 fully saturated rings. The van der Waals surface area contributed by atoms with E-state index in [2.05, 4.69) is 10.6 Å². The zero-order valence-electron chi connectivity index (χ0n) is 15.7. The fourth-order valence-electron chi connectivity index (χ4n) is 3.00. The van der Waals surface area contributed by atoms with Gasteiger partial charge in [-0.3, -0.25) is 9.59 Å². The van der Waals surface area contributed by atoms with Gasteiger partial charge < -0.3 is 20.3 Å². The van der Waals surface area contributed by atoms with Crippen molar-refractivity contribution >= 4 is 28.9 Å². The smallest absolute Gasteiger partial charge is 0.378 e. The number of nitrogens with one attached hydrogen (secondary N) is 2. The fraction of sp³-hybridized carbons (Fsp3) is 0.300. The van der Waals surface area contributed by atoms with Gasteiger partial charge in [-0.25, -0.2) is 0 Å². The Kier molecular flexibility index (Phi) is 6.07. The lowest BCUT2D eigenvalue weighted by Crippen LogP contribution is -2.36. The van der Waals surface area contributed by atoms with Crippen molar-refractivity contribution in [3.05, 3.63) is 53.6 Å². The van der Waals surface area contributed by atoms with E-state index in [4.69, 9.17) is 4.74 Å². The summed E-state index contributed by atoms with van der Waals surface area (Å²) in [5.74, 6) is -0.797. The summed E-state index contributed by atoms with van der Waals surface area (Å²) in [7, 11) is 0. The third-order valence-corrected chi connectivity index (χ3v) is 4.39. The summed E-state index contributed by atoms with van der Waals surface area (Å²) < 4.78 is 44.8. The quantitative estimate of drug-likeness (QED) is 0.810. The van der Waals surface area contributed by atoms with Gasteiger partial charge >= 0.3 is 6.18 Å². The third-order valence-electron chi connectivity index (χ3n) is 4.39. The van der Waals surface area contributed by atoms with Crippen molar-refractivity contribution in [2.75, 3.05) is 41.8 Å². The van der Waals surface area contributed by atoms with E-state index in [0.717, 1.165) is 12.1 Å². The van der Waals surface area contributed by atoms with Crippen molar-refractivity contribution in [1.82, 2.24) is 0 Å². The predicted octanol–water partition coefficient (Wildman–Crippen LogP) is 3.75. The molecule has 2 aromatic rings. The first kappa shape index (κ1) is 20.7. The number of nitrogens with zero attached hydrogens (tertiary/aromatic N) is 1. The average Bonchev–Trinajstić information content (AvgIpc) is 2.68. The van der Waals surface area contributed by atoms with Crippen LogP contribution >= 0.6 is 0 Å². The summed E-state index contributed by atoms with van der Waals surface area (Å²) in [6.45, 7) is 3.30. The van der Waals surface area contributed by atoms with Crippen LogP contribution in [-0.2, 0) is 15.7 Å². The molecule has 0 aromatic heterocycles. The van der Waals surface area contributed by atoms with Crippen molar-refractivity contribution in [3.8, 4) is 0 Å². The van der Waals surface area contributed by atoms with Crippen LogP contribution in [0.1, 0.15) is 22.8 Å². The van der Waals surface area contributed by atoms with E-state index in [9.17, 15) is 22.8 Å². The first-order valence-electron chi connectivity index (χ1n) is 8.97. The maximum Gasteiger partial charge on any atom is 0.416 e. The number of carbonyl (C=O) groups is 2. The van der Waals surface area contributed by atoms with Gasteiger partial charge in [0.2, 0.25) is 5.91 Å². The summed E-state index contributed by atoms with van der Waals surface area (Å²) in [6, 6.07) is 9.38. The van der Waals surface area contributed by atoms with Crippen molar-refractivity contribution < 1.29 is 27.5 Å². The molecule has 29 heavy (non-hydrogen) atoms. The molecular weight excluding hydrogens is 387 g/mol. The minimum Gasteiger partial charge on any atom is -0.378 e. The van der Waals surface area contributed by atoms with E-state index in [1.54, 1.807) is 12.1 Å². The summed E-state index contributed by atoms with van der Waals surface area (Å²) in [5.41, 5.74) is 0.513. The van der Waals surface area contributed by atoms with Crippen molar-refractivity contribution in [1.29, 1.82) is 0 Å². The second-order valence-corrected chi connectivity index (χ2v) is 6.54. The van der Waals surface area contributed by atoms with Gasteiger partial charge in [-0.2, -0.15) is 13.2 Å². The molecule has 0 bridgehead atoms.